The monoisotopic (exact) mass is 953 g/mol. The number of thiol groups is 1. The SMILES string of the molecule is CC(=O)NC(CS)C(=O)O.CCC(=O)OC1C(OC2C(C)C(OC3C[C@@](C)(OC)C(O)C(C)O3)C(C)C(=O)OC(CC)[C@@](C)(O)C(O)C(C)C(=O)C(C)CC2(C)O)OC(C)CC1N(C)C. The number of hydrogen-bond acceptors (Lipinski definition) is 18. The molecule has 3 fully saturated rings. The maximum absolute atomic E-state index is 14.2. The van der Waals surface area contributed by atoms with Crippen LogP contribution >= 0.6 is 12.6 Å². The number of nitrogens with zero attached hydrogens (tertiary/aromatic N) is 1. The van der Waals surface area contributed by atoms with E-state index in [1.165, 1.54) is 34.8 Å². The topological polar surface area (TPSA) is 266 Å². The molecule has 0 aromatic carbocycles. The van der Waals surface area contributed by atoms with Crippen molar-refractivity contribution < 1.29 is 82.7 Å². The third kappa shape index (κ3) is 15.0. The van der Waals surface area contributed by atoms with Crippen molar-refractivity contribution in [3.05, 3.63) is 0 Å². The number of carboxylic acid groups (broad SMARTS) is 1. The molecule has 65 heavy (non-hydrogen) atoms. The van der Waals surface area contributed by atoms with Crippen molar-refractivity contribution in [3.8, 4) is 0 Å². The van der Waals surface area contributed by atoms with Crippen LogP contribution in [0, 0.1) is 23.7 Å². The van der Waals surface area contributed by atoms with Gasteiger partial charge in [0.05, 0.1) is 53.7 Å². The summed E-state index contributed by atoms with van der Waals surface area (Å²) in [5.74, 6) is -6.91. The van der Waals surface area contributed by atoms with Crippen LogP contribution in [0.4, 0.5) is 0 Å². The quantitative estimate of drug-likeness (QED) is 0.109. The molecule has 0 radical (unpaired) electrons. The first-order valence-corrected chi connectivity index (χ1v) is 23.3. The maximum Gasteiger partial charge on any atom is 0.327 e. The third-order valence-electron chi connectivity index (χ3n) is 13.2. The number of Topliss-reactive ketones (excluding diaryl/α,β-unsaturated/α-hetero) is 1. The fourth-order valence-corrected chi connectivity index (χ4v) is 9.43. The van der Waals surface area contributed by atoms with Gasteiger partial charge >= 0.3 is 17.9 Å². The Balaban J connectivity index is 0.00000129. The zero-order valence-corrected chi connectivity index (χ0v) is 41.9. The summed E-state index contributed by atoms with van der Waals surface area (Å²) in [6.45, 7) is 19.3. The number of rotatable bonds is 12. The fraction of sp³-hybridized carbons (Fsp3) is 0.889. The van der Waals surface area contributed by atoms with Crippen molar-refractivity contribution in [2.24, 2.45) is 23.7 Å². The van der Waals surface area contributed by atoms with Gasteiger partial charge in [-0.25, -0.2) is 4.79 Å². The fourth-order valence-electron chi connectivity index (χ4n) is 9.19. The Kier molecular flexibility index (Phi) is 22.3. The largest absolute Gasteiger partial charge is 0.480 e. The van der Waals surface area contributed by atoms with E-state index in [0.717, 1.165) is 0 Å². The molecule has 0 bridgehead atoms. The van der Waals surface area contributed by atoms with Gasteiger partial charge in [0.25, 0.3) is 0 Å². The van der Waals surface area contributed by atoms with Crippen LogP contribution < -0.4 is 5.32 Å². The highest BCUT2D eigenvalue weighted by Crippen LogP contribution is 2.41. The number of nitrogens with one attached hydrogen (secondary N) is 1. The summed E-state index contributed by atoms with van der Waals surface area (Å²) < 4.78 is 43.6. The Hall–Kier alpha value is -2.50. The molecule has 3 saturated heterocycles. The summed E-state index contributed by atoms with van der Waals surface area (Å²) in [6, 6.07) is -1.19. The predicted molar refractivity (Wildman–Crippen MR) is 240 cm³/mol. The zero-order valence-electron chi connectivity index (χ0n) is 41.0. The van der Waals surface area contributed by atoms with Crippen molar-refractivity contribution in [1.29, 1.82) is 0 Å². The first-order valence-electron chi connectivity index (χ1n) is 22.6. The van der Waals surface area contributed by atoms with Crippen molar-refractivity contribution in [2.45, 2.75) is 205 Å². The Bertz CT molecular complexity index is 1580. The van der Waals surface area contributed by atoms with E-state index in [2.05, 4.69) is 17.9 Å². The van der Waals surface area contributed by atoms with Gasteiger partial charge in [0.2, 0.25) is 5.91 Å². The number of carbonyl (C=O) groups is 5. The molecule has 3 aliphatic heterocycles. The molecule has 0 aromatic rings. The molecule has 0 saturated carbocycles. The molecule has 0 aliphatic carbocycles. The molecule has 6 N–H and O–H groups in total. The number of hydrogen-bond donors (Lipinski definition) is 7. The lowest BCUT2D eigenvalue weighted by molar-refractivity contribution is -0.319. The molecule has 19 nitrogen and oxygen atoms in total. The van der Waals surface area contributed by atoms with Gasteiger partial charge < -0.3 is 68.9 Å². The van der Waals surface area contributed by atoms with Crippen LogP contribution in [0.3, 0.4) is 0 Å². The van der Waals surface area contributed by atoms with E-state index < -0.39 is 126 Å². The second-order valence-electron chi connectivity index (χ2n) is 19.1. The van der Waals surface area contributed by atoms with E-state index in [1.54, 1.807) is 48.5 Å². The van der Waals surface area contributed by atoms with Crippen LogP contribution in [0.15, 0.2) is 0 Å². The van der Waals surface area contributed by atoms with Gasteiger partial charge in [-0.2, -0.15) is 12.6 Å². The number of carboxylic acids is 1. The molecule has 0 aromatic heterocycles. The van der Waals surface area contributed by atoms with Crippen LogP contribution in [-0.4, -0.2) is 177 Å². The maximum atomic E-state index is 14.2. The Morgan fingerprint density at radius 2 is 1.52 bits per heavy atom. The number of aliphatic hydroxyl groups is 4. The van der Waals surface area contributed by atoms with E-state index in [-0.39, 0.29) is 49.5 Å². The molecule has 0 spiro atoms. The Morgan fingerprint density at radius 1 is 0.923 bits per heavy atom. The van der Waals surface area contributed by atoms with Gasteiger partial charge in [0.15, 0.2) is 18.7 Å². The summed E-state index contributed by atoms with van der Waals surface area (Å²) in [4.78, 5) is 63.4. The first kappa shape index (κ1) is 58.6. The molecule has 3 rings (SSSR count). The number of carbonyl (C=O) groups excluding carboxylic acids is 4. The number of amides is 1. The number of esters is 2. The highest BCUT2D eigenvalue weighted by atomic mass is 32.1. The second kappa shape index (κ2) is 24.7. The lowest BCUT2D eigenvalue weighted by Crippen LogP contribution is -2.61. The second-order valence-corrected chi connectivity index (χ2v) is 19.4. The minimum Gasteiger partial charge on any atom is -0.480 e. The number of methoxy groups -OCH3 is 1. The molecule has 378 valence electrons. The molecule has 20 heteroatoms. The molecule has 3 aliphatic rings. The minimum atomic E-state index is -2.01. The normalized spacial score (nSPS) is 41.5. The molecule has 3 heterocycles. The Morgan fingerprint density at radius 3 is 2.00 bits per heavy atom. The van der Waals surface area contributed by atoms with E-state index in [4.69, 9.17) is 38.3 Å². The average Bonchev–Trinajstić information content (AvgIpc) is 3.23. The van der Waals surface area contributed by atoms with Gasteiger partial charge in [-0.05, 0) is 74.9 Å². The summed E-state index contributed by atoms with van der Waals surface area (Å²) in [7, 11) is 5.21. The van der Waals surface area contributed by atoms with Gasteiger partial charge in [0.1, 0.15) is 29.6 Å². The number of likely N-dealkylation sites (N-methyl/N-ethyl adjacent to an activating group) is 1. The van der Waals surface area contributed by atoms with Crippen LogP contribution in [-0.2, 0) is 57.1 Å². The summed E-state index contributed by atoms with van der Waals surface area (Å²) >= 11 is 3.73. The zero-order chi connectivity index (χ0) is 50.1. The van der Waals surface area contributed by atoms with Crippen molar-refractivity contribution >= 4 is 42.2 Å². The van der Waals surface area contributed by atoms with Gasteiger partial charge in [-0.15, -0.1) is 0 Å². The molecule has 1 amide bonds. The van der Waals surface area contributed by atoms with E-state index in [1.807, 2.05) is 25.9 Å². The lowest BCUT2D eigenvalue weighted by atomic mass is 9.74. The van der Waals surface area contributed by atoms with Crippen LogP contribution in [0.25, 0.3) is 0 Å². The summed E-state index contributed by atoms with van der Waals surface area (Å²) in [5.41, 5.74) is -4.92. The van der Waals surface area contributed by atoms with Crippen LogP contribution in [0.5, 0.6) is 0 Å². The number of ether oxygens (including phenoxy) is 7. The molecular weight excluding hydrogens is 873 g/mol. The van der Waals surface area contributed by atoms with Crippen molar-refractivity contribution in [2.75, 3.05) is 27.0 Å². The third-order valence-corrected chi connectivity index (χ3v) is 13.6. The molecular formula is C45H80N2O17S. The average molecular weight is 953 g/mol. The molecule has 19 atom stereocenters. The van der Waals surface area contributed by atoms with Crippen molar-refractivity contribution in [3.63, 3.8) is 0 Å². The summed E-state index contributed by atoms with van der Waals surface area (Å²) in [5, 5.41) is 57.1. The van der Waals surface area contributed by atoms with E-state index >= 15 is 0 Å². The van der Waals surface area contributed by atoms with E-state index in [9.17, 15) is 44.4 Å². The minimum absolute atomic E-state index is 0.0760. The number of ketones is 1. The van der Waals surface area contributed by atoms with E-state index in [0.29, 0.717) is 6.42 Å². The standard InChI is InChI=1S/C40H71NO14.C5H9NO3S/c1-15-27-40(11,48)33(44)22(5)30(43)20(3)18-38(9,47)35(55-37-32(53-28(42)16-2)26(41(12)13)17-21(4)50-37)23(6)31(24(7)36(46)52-27)54-29-19-39(10,49-14)34(45)25(8)51-29;1-3(7)6-4(2-10)5(8)9/h20-27,29,31-35,37,44-45,47-48H,15-19H2,1-14H3;4,10H,2H2,1H3,(H,6,7)(H,8,9)/t20?,21?,22?,23?,24?,25?,26?,27?,29?,31?,32?,33?,34?,35?,37?,38?,39-,40-;/m1./s1. The smallest absolute Gasteiger partial charge is 0.327 e. The first-order chi connectivity index (χ1) is 29.9. The van der Waals surface area contributed by atoms with Gasteiger partial charge in [0, 0.05) is 50.4 Å². The van der Waals surface area contributed by atoms with Crippen LogP contribution in [0.2, 0.25) is 0 Å². The summed E-state index contributed by atoms with van der Waals surface area (Å²) in [6.07, 6.45) is -9.68. The number of cyclic esters (lactones) is 1. The van der Waals surface area contributed by atoms with Crippen LogP contribution in [0.1, 0.15) is 115 Å². The predicted octanol–water partition coefficient (Wildman–Crippen LogP) is 2.25. The molecule has 17 unspecified atom stereocenters. The Labute approximate surface area is 390 Å². The van der Waals surface area contributed by atoms with Crippen molar-refractivity contribution in [1.82, 2.24) is 10.2 Å². The van der Waals surface area contributed by atoms with Gasteiger partial charge in [-0.3, -0.25) is 19.2 Å². The lowest BCUT2D eigenvalue weighted by Gasteiger charge is -2.49. The number of aliphatic carboxylic acids is 1. The number of aliphatic hydroxyl groups excluding tert-OH is 2. The highest BCUT2D eigenvalue weighted by Gasteiger charge is 2.54. The van der Waals surface area contributed by atoms with Gasteiger partial charge in [-0.1, -0.05) is 34.6 Å². The highest BCUT2D eigenvalue weighted by molar-refractivity contribution is 7.80.